The van der Waals surface area contributed by atoms with Crippen LogP contribution in [0.15, 0.2) is 48.5 Å². The number of nitrogens with one attached hydrogen (secondary N) is 1. The average molecular weight is 267 g/mol. The molecule has 1 amide bonds. The first-order valence-corrected chi connectivity index (χ1v) is 6.70. The largest absolute Gasteiger partial charge is 0.399 e. The van der Waals surface area contributed by atoms with Gasteiger partial charge < -0.3 is 16.0 Å². The van der Waals surface area contributed by atoms with Crippen LogP contribution in [0.25, 0.3) is 0 Å². The quantitative estimate of drug-likeness (QED) is 0.839. The van der Waals surface area contributed by atoms with Gasteiger partial charge >= 0.3 is 0 Å². The normalized spacial score (nSPS) is 13.1. The number of fused-ring (bicyclic) bond motifs is 1. The lowest BCUT2D eigenvalue weighted by atomic mass is 10.2. The highest BCUT2D eigenvalue weighted by molar-refractivity contribution is 5.94. The molecule has 102 valence electrons. The molecule has 1 aliphatic heterocycles. The van der Waals surface area contributed by atoms with Crippen molar-refractivity contribution in [1.29, 1.82) is 0 Å². The summed E-state index contributed by atoms with van der Waals surface area (Å²) in [7, 11) is 0. The summed E-state index contributed by atoms with van der Waals surface area (Å²) in [4.78, 5) is 14.2. The van der Waals surface area contributed by atoms with Gasteiger partial charge in [-0.05, 0) is 36.2 Å². The molecular formula is C16H17N3O. The van der Waals surface area contributed by atoms with E-state index >= 15 is 0 Å². The molecule has 0 radical (unpaired) electrons. The Balaban J connectivity index is 1.66. The third-order valence-corrected chi connectivity index (χ3v) is 3.49. The lowest BCUT2D eigenvalue weighted by molar-refractivity contribution is -0.115. The molecule has 0 aliphatic carbocycles. The van der Waals surface area contributed by atoms with Crippen LogP contribution in [0.1, 0.15) is 5.56 Å². The molecule has 0 bridgehead atoms. The minimum absolute atomic E-state index is 0.0210. The molecule has 0 aromatic heterocycles. The van der Waals surface area contributed by atoms with Crippen molar-refractivity contribution in [3.05, 3.63) is 54.1 Å². The number of hydrogen-bond donors (Lipinski definition) is 2. The third-order valence-electron chi connectivity index (χ3n) is 3.49. The Bertz CT molecular complexity index is 639. The molecule has 20 heavy (non-hydrogen) atoms. The van der Waals surface area contributed by atoms with Gasteiger partial charge in [-0.2, -0.15) is 0 Å². The molecule has 0 saturated carbocycles. The smallest absolute Gasteiger partial charge is 0.243 e. The van der Waals surface area contributed by atoms with Gasteiger partial charge in [0.25, 0.3) is 0 Å². The maximum atomic E-state index is 12.1. The van der Waals surface area contributed by atoms with Crippen molar-refractivity contribution in [3.8, 4) is 0 Å². The van der Waals surface area contributed by atoms with Crippen molar-refractivity contribution in [2.45, 2.75) is 6.42 Å². The molecule has 2 aromatic rings. The Hall–Kier alpha value is -2.49. The number of nitrogens with zero attached hydrogens (tertiary/aromatic N) is 1. The molecule has 0 saturated heterocycles. The number of rotatable bonds is 3. The van der Waals surface area contributed by atoms with E-state index < -0.39 is 0 Å². The van der Waals surface area contributed by atoms with Gasteiger partial charge in [0.2, 0.25) is 5.91 Å². The zero-order valence-corrected chi connectivity index (χ0v) is 11.2. The van der Waals surface area contributed by atoms with E-state index in [9.17, 15) is 4.79 Å². The number of carbonyl (C=O) groups excluding carboxylic acids is 1. The van der Waals surface area contributed by atoms with E-state index in [-0.39, 0.29) is 5.91 Å². The van der Waals surface area contributed by atoms with E-state index in [1.54, 1.807) is 12.1 Å². The Morgan fingerprint density at radius 1 is 1.20 bits per heavy atom. The number of nitrogens with two attached hydrogens (primary N) is 1. The lowest BCUT2D eigenvalue weighted by Gasteiger charge is -2.18. The van der Waals surface area contributed by atoms with Gasteiger partial charge in [-0.25, -0.2) is 0 Å². The minimum Gasteiger partial charge on any atom is -0.399 e. The van der Waals surface area contributed by atoms with Crippen LogP contribution in [-0.4, -0.2) is 19.0 Å². The van der Waals surface area contributed by atoms with Gasteiger partial charge in [-0.1, -0.05) is 24.3 Å². The molecule has 3 N–H and O–H groups in total. The number of para-hydroxylation sites is 1. The van der Waals surface area contributed by atoms with Crippen molar-refractivity contribution >= 4 is 23.0 Å². The van der Waals surface area contributed by atoms with Crippen LogP contribution in [0.3, 0.4) is 0 Å². The number of carbonyl (C=O) groups is 1. The molecular weight excluding hydrogens is 250 g/mol. The van der Waals surface area contributed by atoms with Crippen LogP contribution in [0.5, 0.6) is 0 Å². The number of amides is 1. The van der Waals surface area contributed by atoms with Gasteiger partial charge in [-0.3, -0.25) is 4.79 Å². The topological polar surface area (TPSA) is 58.4 Å². The van der Waals surface area contributed by atoms with Gasteiger partial charge in [0, 0.05) is 23.6 Å². The standard InChI is InChI=1S/C16H17N3O/c17-13-5-3-6-14(10-13)18-16(20)11-19-9-8-12-4-1-2-7-15(12)19/h1-7,10H,8-9,11,17H2,(H,18,20). The molecule has 1 heterocycles. The first kappa shape index (κ1) is 12.5. The molecule has 0 unspecified atom stereocenters. The number of hydrogen-bond acceptors (Lipinski definition) is 3. The summed E-state index contributed by atoms with van der Waals surface area (Å²) >= 11 is 0. The van der Waals surface area contributed by atoms with Crippen molar-refractivity contribution in [1.82, 2.24) is 0 Å². The molecule has 2 aromatic carbocycles. The summed E-state index contributed by atoms with van der Waals surface area (Å²) in [5.41, 5.74) is 9.56. The van der Waals surface area contributed by atoms with Crippen LogP contribution in [-0.2, 0) is 11.2 Å². The SMILES string of the molecule is Nc1cccc(NC(=O)CN2CCc3ccccc32)c1. The molecule has 0 spiro atoms. The van der Waals surface area contributed by atoms with E-state index in [0.717, 1.165) is 24.3 Å². The fraction of sp³-hybridized carbons (Fsp3) is 0.188. The Labute approximate surface area is 118 Å². The van der Waals surface area contributed by atoms with Crippen LogP contribution < -0.4 is 16.0 Å². The summed E-state index contributed by atoms with van der Waals surface area (Å²) in [6.07, 6.45) is 1.00. The van der Waals surface area contributed by atoms with E-state index in [2.05, 4.69) is 22.3 Å². The van der Waals surface area contributed by atoms with Gasteiger partial charge in [0.1, 0.15) is 0 Å². The Kier molecular flexibility index (Phi) is 3.29. The van der Waals surface area contributed by atoms with Crippen molar-refractivity contribution in [2.75, 3.05) is 29.0 Å². The van der Waals surface area contributed by atoms with Crippen LogP contribution in [0, 0.1) is 0 Å². The van der Waals surface area contributed by atoms with Crippen LogP contribution in [0.4, 0.5) is 17.1 Å². The Morgan fingerprint density at radius 2 is 2.05 bits per heavy atom. The highest BCUT2D eigenvalue weighted by Gasteiger charge is 2.20. The molecule has 4 heteroatoms. The molecule has 1 aliphatic rings. The maximum absolute atomic E-state index is 12.1. The second-order valence-corrected chi connectivity index (χ2v) is 4.97. The van der Waals surface area contributed by atoms with Crippen LogP contribution in [0.2, 0.25) is 0 Å². The molecule has 3 rings (SSSR count). The first-order valence-electron chi connectivity index (χ1n) is 6.70. The van der Waals surface area contributed by atoms with Gasteiger partial charge in [0.05, 0.1) is 6.54 Å². The predicted octanol–water partition coefficient (Wildman–Crippen LogP) is 2.27. The van der Waals surface area contributed by atoms with E-state index in [1.165, 1.54) is 5.56 Å². The van der Waals surface area contributed by atoms with Crippen LogP contribution >= 0.6 is 0 Å². The van der Waals surface area contributed by atoms with E-state index in [4.69, 9.17) is 5.73 Å². The van der Waals surface area contributed by atoms with Crippen molar-refractivity contribution < 1.29 is 4.79 Å². The highest BCUT2D eigenvalue weighted by Crippen LogP contribution is 2.27. The summed E-state index contributed by atoms with van der Waals surface area (Å²) in [6.45, 7) is 1.26. The fourth-order valence-electron chi connectivity index (χ4n) is 2.56. The molecule has 0 fully saturated rings. The molecule has 4 nitrogen and oxygen atoms in total. The Morgan fingerprint density at radius 3 is 2.90 bits per heavy atom. The predicted molar refractivity (Wildman–Crippen MR) is 81.8 cm³/mol. The zero-order valence-electron chi connectivity index (χ0n) is 11.2. The summed E-state index contributed by atoms with van der Waals surface area (Å²) in [5, 5.41) is 2.88. The first-order chi connectivity index (χ1) is 9.72. The number of nitrogen functional groups attached to an aromatic ring is 1. The fourth-order valence-corrected chi connectivity index (χ4v) is 2.56. The zero-order chi connectivity index (χ0) is 13.9. The van der Waals surface area contributed by atoms with Gasteiger partial charge in [-0.15, -0.1) is 0 Å². The minimum atomic E-state index is -0.0210. The van der Waals surface area contributed by atoms with Crippen molar-refractivity contribution in [2.24, 2.45) is 0 Å². The monoisotopic (exact) mass is 267 g/mol. The average Bonchev–Trinajstić information content (AvgIpc) is 2.82. The summed E-state index contributed by atoms with van der Waals surface area (Å²) in [5.74, 6) is -0.0210. The summed E-state index contributed by atoms with van der Waals surface area (Å²) < 4.78 is 0. The number of anilines is 3. The molecule has 0 atom stereocenters. The van der Waals surface area contributed by atoms with E-state index in [1.807, 2.05) is 24.3 Å². The van der Waals surface area contributed by atoms with Crippen molar-refractivity contribution in [3.63, 3.8) is 0 Å². The number of benzene rings is 2. The lowest BCUT2D eigenvalue weighted by Crippen LogP contribution is -2.31. The highest BCUT2D eigenvalue weighted by atomic mass is 16.2. The second-order valence-electron chi connectivity index (χ2n) is 4.97. The summed E-state index contributed by atoms with van der Waals surface area (Å²) in [6, 6.07) is 15.5. The maximum Gasteiger partial charge on any atom is 0.243 e. The van der Waals surface area contributed by atoms with E-state index in [0.29, 0.717) is 12.2 Å². The van der Waals surface area contributed by atoms with Gasteiger partial charge in [0.15, 0.2) is 0 Å². The third kappa shape index (κ3) is 2.59. The second kappa shape index (κ2) is 5.25.